The summed E-state index contributed by atoms with van der Waals surface area (Å²) in [5, 5.41) is 1.26. The summed E-state index contributed by atoms with van der Waals surface area (Å²) in [5.74, 6) is 1.14. The third-order valence-corrected chi connectivity index (χ3v) is 5.86. The standard InChI is InChI=1S/C21H24ClN3O3S/c1-14-5-10-17(27-4)19-20(14)29-21(23-19)25(12-11-24(2)3)18(26)13-28-16-8-6-15(22)7-9-16/h5-10H,11-13H2,1-4H3. The average molecular weight is 434 g/mol. The first-order valence-electron chi connectivity index (χ1n) is 9.16. The molecule has 0 aliphatic carbocycles. The smallest absolute Gasteiger partial charge is 0.266 e. The Kier molecular flexibility index (Phi) is 6.95. The van der Waals surface area contributed by atoms with Crippen molar-refractivity contribution in [2.45, 2.75) is 6.92 Å². The van der Waals surface area contributed by atoms with Gasteiger partial charge in [0.15, 0.2) is 11.7 Å². The van der Waals surface area contributed by atoms with Gasteiger partial charge in [-0.3, -0.25) is 9.69 Å². The Hall–Kier alpha value is -2.35. The van der Waals surface area contributed by atoms with Crippen LogP contribution in [0.15, 0.2) is 36.4 Å². The molecular formula is C21H24ClN3O3S. The molecule has 29 heavy (non-hydrogen) atoms. The maximum Gasteiger partial charge on any atom is 0.266 e. The zero-order valence-corrected chi connectivity index (χ0v) is 18.5. The Morgan fingerprint density at radius 3 is 2.52 bits per heavy atom. The zero-order valence-electron chi connectivity index (χ0n) is 16.9. The third-order valence-electron chi connectivity index (χ3n) is 4.39. The van der Waals surface area contributed by atoms with Crippen molar-refractivity contribution in [1.82, 2.24) is 9.88 Å². The Morgan fingerprint density at radius 1 is 1.14 bits per heavy atom. The molecular weight excluding hydrogens is 410 g/mol. The zero-order chi connectivity index (χ0) is 21.0. The number of halogens is 1. The van der Waals surface area contributed by atoms with E-state index >= 15 is 0 Å². The predicted molar refractivity (Wildman–Crippen MR) is 119 cm³/mol. The van der Waals surface area contributed by atoms with Crippen molar-refractivity contribution in [2.24, 2.45) is 0 Å². The fraction of sp³-hybridized carbons (Fsp3) is 0.333. The van der Waals surface area contributed by atoms with E-state index in [0.29, 0.717) is 34.7 Å². The summed E-state index contributed by atoms with van der Waals surface area (Å²) in [5.41, 5.74) is 1.87. The maximum absolute atomic E-state index is 13.0. The highest BCUT2D eigenvalue weighted by Gasteiger charge is 2.22. The highest BCUT2D eigenvalue weighted by atomic mass is 35.5. The molecule has 0 unspecified atom stereocenters. The van der Waals surface area contributed by atoms with Crippen LogP contribution in [0.4, 0.5) is 5.13 Å². The number of likely N-dealkylation sites (N-methyl/N-ethyl adjacent to an activating group) is 1. The summed E-state index contributed by atoms with van der Waals surface area (Å²) in [6, 6.07) is 10.8. The lowest BCUT2D eigenvalue weighted by atomic mass is 10.2. The second kappa shape index (κ2) is 9.43. The van der Waals surface area contributed by atoms with Gasteiger partial charge >= 0.3 is 0 Å². The van der Waals surface area contributed by atoms with Gasteiger partial charge in [0.05, 0.1) is 11.8 Å². The van der Waals surface area contributed by atoms with Crippen LogP contribution in [-0.4, -0.2) is 56.7 Å². The molecule has 1 aromatic heterocycles. The summed E-state index contributed by atoms with van der Waals surface area (Å²) >= 11 is 7.39. The predicted octanol–water partition coefficient (Wildman–Crippen LogP) is 4.24. The Labute approximate surface area is 179 Å². The monoisotopic (exact) mass is 433 g/mol. The van der Waals surface area contributed by atoms with Crippen molar-refractivity contribution in [3.05, 3.63) is 47.0 Å². The molecule has 2 aromatic carbocycles. The molecule has 3 aromatic rings. The molecule has 6 nitrogen and oxygen atoms in total. The number of carbonyl (C=O) groups excluding carboxylic acids is 1. The van der Waals surface area contributed by atoms with Crippen LogP contribution < -0.4 is 14.4 Å². The molecule has 0 aliphatic rings. The van der Waals surface area contributed by atoms with Gasteiger partial charge in [-0.25, -0.2) is 4.98 Å². The van der Waals surface area contributed by atoms with Crippen molar-refractivity contribution in [1.29, 1.82) is 0 Å². The van der Waals surface area contributed by atoms with E-state index in [1.54, 1.807) is 36.3 Å². The number of fused-ring (bicyclic) bond motifs is 1. The number of benzene rings is 2. The molecule has 0 N–H and O–H groups in total. The first kappa shape index (κ1) is 21.4. The number of amides is 1. The number of methoxy groups -OCH3 is 1. The summed E-state index contributed by atoms with van der Waals surface area (Å²) in [7, 11) is 5.56. The van der Waals surface area contributed by atoms with Crippen LogP contribution in [0.3, 0.4) is 0 Å². The van der Waals surface area contributed by atoms with Gasteiger partial charge in [-0.15, -0.1) is 0 Å². The van der Waals surface area contributed by atoms with E-state index < -0.39 is 0 Å². The van der Waals surface area contributed by atoms with E-state index in [4.69, 9.17) is 26.1 Å². The van der Waals surface area contributed by atoms with Gasteiger partial charge in [-0.05, 0) is 56.9 Å². The number of aryl methyl sites for hydroxylation is 1. The topological polar surface area (TPSA) is 54.9 Å². The number of aromatic nitrogens is 1. The minimum absolute atomic E-state index is 0.0822. The number of carbonyl (C=O) groups is 1. The average Bonchev–Trinajstić information content (AvgIpc) is 3.14. The van der Waals surface area contributed by atoms with Gasteiger partial charge in [0.25, 0.3) is 5.91 Å². The van der Waals surface area contributed by atoms with Gasteiger partial charge < -0.3 is 14.4 Å². The molecule has 0 fully saturated rings. The number of hydrogen-bond acceptors (Lipinski definition) is 6. The van der Waals surface area contributed by atoms with E-state index in [2.05, 4.69) is 0 Å². The molecule has 1 heterocycles. The minimum Gasteiger partial charge on any atom is -0.494 e. The molecule has 0 spiro atoms. The third kappa shape index (κ3) is 5.18. The molecule has 0 bridgehead atoms. The fourth-order valence-electron chi connectivity index (χ4n) is 2.76. The van der Waals surface area contributed by atoms with E-state index in [0.717, 1.165) is 15.8 Å². The van der Waals surface area contributed by atoms with Crippen molar-refractivity contribution in [2.75, 3.05) is 45.8 Å². The molecule has 0 atom stereocenters. The molecule has 8 heteroatoms. The van der Waals surface area contributed by atoms with E-state index in [9.17, 15) is 4.79 Å². The summed E-state index contributed by atoms with van der Waals surface area (Å²) in [6.45, 7) is 3.16. The molecule has 0 aliphatic heterocycles. The number of nitrogens with zero attached hydrogens (tertiary/aromatic N) is 3. The van der Waals surface area contributed by atoms with Crippen molar-refractivity contribution in [3.63, 3.8) is 0 Å². The highest BCUT2D eigenvalue weighted by molar-refractivity contribution is 7.22. The lowest BCUT2D eigenvalue weighted by Gasteiger charge is -2.22. The largest absolute Gasteiger partial charge is 0.494 e. The quantitative estimate of drug-likeness (QED) is 0.531. The number of hydrogen-bond donors (Lipinski definition) is 0. The molecule has 3 rings (SSSR count). The second-order valence-electron chi connectivity index (χ2n) is 6.85. The van der Waals surface area contributed by atoms with Crippen molar-refractivity contribution < 1.29 is 14.3 Å². The van der Waals surface area contributed by atoms with Crippen molar-refractivity contribution in [3.8, 4) is 11.5 Å². The summed E-state index contributed by atoms with van der Waals surface area (Å²) in [6.07, 6.45) is 0. The Bertz CT molecular complexity index is 989. The van der Waals surface area contributed by atoms with Gasteiger partial charge in [0.1, 0.15) is 17.0 Å². The molecule has 0 saturated carbocycles. The van der Waals surface area contributed by atoms with E-state index in [1.807, 2.05) is 38.1 Å². The van der Waals surface area contributed by atoms with Crippen molar-refractivity contribution >= 4 is 44.2 Å². The number of ether oxygens (including phenoxy) is 2. The Balaban J connectivity index is 1.86. The van der Waals surface area contributed by atoms with E-state index in [1.165, 1.54) is 11.3 Å². The van der Waals surface area contributed by atoms with Gasteiger partial charge in [-0.1, -0.05) is 29.0 Å². The van der Waals surface area contributed by atoms with Crippen LogP contribution in [0.1, 0.15) is 5.56 Å². The lowest BCUT2D eigenvalue weighted by molar-refractivity contribution is -0.120. The number of anilines is 1. The lowest BCUT2D eigenvalue weighted by Crippen LogP contribution is -2.39. The molecule has 1 amide bonds. The molecule has 0 saturated heterocycles. The van der Waals surface area contributed by atoms with Crippen LogP contribution in [0, 0.1) is 6.92 Å². The maximum atomic E-state index is 13.0. The first-order chi connectivity index (χ1) is 13.9. The van der Waals surface area contributed by atoms with Crippen LogP contribution in [0.2, 0.25) is 5.02 Å². The van der Waals surface area contributed by atoms with Gasteiger partial charge in [0.2, 0.25) is 0 Å². The normalized spacial score (nSPS) is 11.1. The highest BCUT2D eigenvalue weighted by Crippen LogP contribution is 2.36. The SMILES string of the molecule is COc1ccc(C)c2sc(N(CCN(C)C)C(=O)COc3ccc(Cl)cc3)nc12. The Morgan fingerprint density at radius 2 is 1.86 bits per heavy atom. The molecule has 154 valence electrons. The fourth-order valence-corrected chi connectivity index (χ4v) is 3.98. The summed E-state index contributed by atoms with van der Waals surface area (Å²) in [4.78, 5) is 21.4. The second-order valence-corrected chi connectivity index (χ2v) is 8.26. The van der Waals surface area contributed by atoms with Crippen LogP contribution >= 0.6 is 22.9 Å². The first-order valence-corrected chi connectivity index (χ1v) is 10.4. The molecule has 0 radical (unpaired) electrons. The van der Waals surface area contributed by atoms with Crippen LogP contribution in [0.5, 0.6) is 11.5 Å². The van der Waals surface area contributed by atoms with Gasteiger partial charge in [-0.2, -0.15) is 0 Å². The van der Waals surface area contributed by atoms with E-state index in [-0.39, 0.29) is 12.5 Å². The minimum atomic E-state index is -0.155. The number of thiazole rings is 1. The number of rotatable bonds is 8. The van der Waals surface area contributed by atoms with Crippen LogP contribution in [-0.2, 0) is 4.79 Å². The van der Waals surface area contributed by atoms with Crippen LogP contribution in [0.25, 0.3) is 10.2 Å². The van der Waals surface area contributed by atoms with Gasteiger partial charge in [0, 0.05) is 18.1 Å². The summed E-state index contributed by atoms with van der Waals surface area (Å²) < 4.78 is 12.1.